The third-order valence-electron chi connectivity index (χ3n) is 17.2. The van der Waals surface area contributed by atoms with E-state index in [4.69, 9.17) is 19.9 Å². The first-order valence-electron chi connectivity index (χ1n) is 30.2. The molecule has 0 atom stereocenters. The van der Waals surface area contributed by atoms with Gasteiger partial charge >= 0.3 is 0 Å². The van der Waals surface area contributed by atoms with Gasteiger partial charge in [-0.05, 0) is 204 Å². The minimum Gasteiger partial charge on any atom is -0.506 e. The number of pyridine rings is 1. The van der Waals surface area contributed by atoms with E-state index in [1.54, 1.807) is 24.8 Å². The second kappa shape index (κ2) is 23.3. The zero-order valence-electron chi connectivity index (χ0n) is 52.2. The largest absolute Gasteiger partial charge is 0.506 e. The van der Waals surface area contributed by atoms with Gasteiger partial charge in [0.1, 0.15) is 11.6 Å². The lowest BCUT2D eigenvalue weighted by molar-refractivity contribution is 0.102. The van der Waals surface area contributed by atoms with E-state index < -0.39 is 0 Å². The van der Waals surface area contributed by atoms with Gasteiger partial charge in [0.2, 0.25) is 0 Å². The number of aromatic amines is 2. The number of hydrogen-bond acceptors (Lipinski definition) is 8. The van der Waals surface area contributed by atoms with Crippen molar-refractivity contribution in [3.63, 3.8) is 0 Å². The van der Waals surface area contributed by atoms with Crippen LogP contribution in [0.2, 0.25) is 0 Å². The number of aromatic hydroxyl groups is 1. The number of H-pyrrole nitrogens is 2. The van der Waals surface area contributed by atoms with Crippen LogP contribution >= 0.6 is 0 Å². The third-order valence-corrected chi connectivity index (χ3v) is 17.2. The molecule has 0 spiro atoms. The SMILES string of the molecule is Cc1cc(C)c(-c2c3nc(c(-c4c(C)cc(C)cc4C)c4ccc([nH]4)c(-c4c(C)cc(C)cc4C)c4nc(c(-c5ccccc5NC(=O)c5ccc(CN(Cc6cn(-c7cc(C)ccc7O)cn6)Cc6nccn6C)nc5)c5ccc2[nH]5)C=C4)C=C3)c(C)c1. The van der Waals surface area contributed by atoms with Crippen LogP contribution in [-0.2, 0) is 26.7 Å². The Labute approximate surface area is 518 Å². The highest BCUT2D eigenvalue weighted by atomic mass is 16.3. The van der Waals surface area contributed by atoms with Crippen LogP contribution in [0, 0.1) is 69.2 Å². The Morgan fingerprint density at radius 3 is 1.51 bits per heavy atom. The van der Waals surface area contributed by atoms with Gasteiger partial charge in [-0.15, -0.1) is 0 Å². The van der Waals surface area contributed by atoms with E-state index in [0.717, 1.165) is 134 Å². The number of hydrogen-bond donors (Lipinski definition) is 4. The minimum atomic E-state index is -0.307. The average molecular weight is 1170 g/mol. The van der Waals surface area contributed by atoms with Crippen LogP contribution in [0.3, 0.4) is 0 Å². The molecule has 4 N–H and O–H groups in total. The Balaban J connectivity index is 0.949. The van der Waals surface area contributed by atoms with Crippen LogP contribution in [0.25, 0.3) is 96.6 Å². The van der Waals surface area contributed by atoms with Crippen molar-refractivity contribution in [2.24, 2.45) is 7.05 Å². The molecule has 442 valence electrons. The highest BCUT2D eigenvalue weighted by Crippen LogP contribution is 2.43. The van der Waals surface area contributed by atoms with Gasteiger partial charge < -0.3 is 29.5 Å². The van der Waals surface area contributed by atoms with Crippen molar-refractivity contribution in [2.75, 3.05) is 5.32 Å². The second-order valence-corrected chi connectivity index (χ2v) is 24.2. The summed E-state index contributed by atoms with van der Waals surface area (Å²) in [6.07, 6.45) is 17.6. The second-order valence-electron chi connectivity index (χ2n) is 24.2. The zero-order valence-corrected chi connectivity index (χ0v) is 52.2. The Kier molecular flexibility index (Phi) is 15.1. The van der Waals surface area contributed by atoms with Crippen LogP contribution in [0.5, 0.6) is 5.75 Å². The molecule has 0 saturated carbocycles. The molecule has 11 aromatic rings. The lowest BCUT2D eigenvalue weighted by atomic mass is 9.92. The van der Waals surface area contributed by atoms with E-state index in [2.05, 4.69) is 179 Å². The summed E-state index contributed by atoms with van der Waals surface area (Å²) in [4.78, 5) is 50.5. The van der Waals surface area contributed by atoms with E-state index in [0.29, 0.717) is 36.6 Å². The first-order chi connectivity index (χ1) is 42.9. The van der Waals surface area contributed by atoms with Gasteiger partial charge in [-0.2, -0.15) is 0 Å². The first-order valence-corrected chi connectivity index (χ1v) is 30.2. The summed E-state index contributed by atoms with van der Waals surface area (Å²) in [6.45, 7) is 23.0. The molecule has 2 aliphatic rings. The maximum atomic E-state index is 14.7. The van der Waals surface area contributed by atoms with Crippen molar-refractivity contribution < 1.29 is 9.90 Å². The molecule has 1 amide bonds. The Morgan fingerprint density at radius 1 is 0.517 bits per heavy atom. The number of rotatable bonds is 13. The van der Waals surface area contributed by atoms with Gasteiger partial charge in [0.05, 0.1) is 58.3 Å². The van der Waals surface area contributed by atoms with Crippen LogP contribution in [-0.4, -0.2) is 59.9 Å². The van der Waals surface area contributed by atoms with Crippen molar-refractivity contribution in [1.29, 1.82) is 0 Å². The van der Waals surface area contributed by atoms with Crippen LogP contribution in [0.1, 0.15) is 106 Å². The molecule has 13 rings (SSSR count). The molecule has 0 unspecified atom stereocenters. The van der Waals surface area contributed by atoms with Gasteiger partial charge in [0, 0.05) is 100 Å². The highest BCUT2D eigenvalue weighted by Gasteiger charge is 2.25. The van der Waals surface area contributed by atoms with E-state index in [1.165, 1.54) is 27.8 Å². The number of phenolic OH excluding ortho intramolecular Hbond substituents is 1. The Morgan fingerprint density at radius 2 is 1.01 bits per heavy atom. The summed E-state index contributed by atoms with van der Waals surface area (Å²) in [5, 5.41) is 14.0. The summed E-state index contributed by atoms with van der Waals surface area (Å²) < 4.78 is 3.84. The number of imidazole rings is 2. The number of carbonyl (C=O) groups excluding carboxylic acids is 1. The number of carbonyl (C=O) groups is 1. The highest BCUT2D eigenvalue weighted by molar-refractivity contribution is 6.08. The molecule has 8 bridgehead atoms. The van der Waals surface area contributed by atoms with E-state index >= 15 is 0 Å². The number of amides is 1. The molecule has 5 aromatic carbocycles. The summed E-state index contributed by atoms with van der Waals surface area (Å²) >= 11 is 0. The molecule has 89 heavy (non-hydrogen) atoms. The predicted octanol–water partition coefficient (Wildman–Crippen LogP) is 16.9. The molecule has 13 heteroatoms. The molecular formula is C76H71N11O2. The fourth-order valence-corrected chi connectivity index (χ4v) is 13.4. The number of anilines is 1. The van der Waals surface area contributed by atoms with E-state index in [9.17, 15) is 9.90 Å². The number of nitrogens with zero attached hydrogens (tertiary/aromatic N) is 8. The zero-order chi connectivity index (χ0) is 61.9. The Hall–Kier alpha value is -10.5. The molecule has 13 nitrogen and oxygen atoms in total. The number of phenols is 1. The molecule has 8 heterocycles. The molecule has 0 aliphatic carbocycles. The smallest absolute Gasteiger partial charge is 0.257 e. The van der Waals surface area contributed by atoms with Gasteiger partial charge in [-0.25, -0.2) is 19.9 Å². The first kappa shape index (κ1) is 57.6. The number of aryl methyl sites for hydroxylation is 11. The summed E-state index contributed by atoms with van der Waals surface area (Å²) in [7, 11) is 1.98. The molecule has 0 radical (unpaired) electrons. The third kappa shape index (κ3) is 11.2. The van der Waals surface area contributed by atoms with Crippen LogP contribution < -0.4 is 5.32 Å². The van der Waals surface area contributed by atoms with Crippen LogP contribution in [0.15, 0.2) is 146 Å². The number of fused-ring (bicyclic) bond motifs is 8. The van der Waals surface area contributed by atoms with Gasteiger partial charge in [-0.3, -0.25) is 14.7 Å². The molecule has 6 aromatic heterocycles. The maximum absolute atomic E-state index is 14.7. The monoisotopic (exact) mass is 1170 g/mol. The Bertz CT molecular complexity index is 4790. The van der Waals surface area contributed by atoms with Crippen molar-refractivity contribution in [1.82, 2.24) is 48.9 Å². The van der Waals surface area contributed by atoms with E-state index in [1.807, 2.05) is 78.0 Å². The fraction of sp³-hybridized carbons (Fsp3) is 0.184. The predicted molar refractivity (Wildman–Crippen MR) is 362 cm³/mol. The lowest BCUT2D eigenvalue weighted by Gasteiger charge is -2.21. The molecular weight excluding hydrogens is 1100 g/mol. The van der Waals surface area contributed by atoms with Crippen molar-refractivity contribution in [2.45, 2.75) is 88.9 Å². The van der Waals surface area contributed by atoms with Gasteiger partial charge in [-0.1, -0.05) is 77.4 Å². The number of nitrogens with one attached hydrogen (secondary N) is 3. The number of aromatic nitrogens is 9. The van der Waals surface area contributed by atoms with Crippen LogP contribution in [0.4, 0.5) is 5.69 Å². The molecule has 0 fully saturated rings. The van der Waals surface area contributed by atoms with E-state index in [-0.39, 0.29) is 11.7 Å². The normalized spacial score (nSPS) is 12.0. The number of para-hydroxylation sites is 1. The topological polar surface area (TPSA) is 158 Å². The van der Waals surface area contributed by atoms with Crippen molar-refractivity contribution >= 4 is 58.0 Å². The number of benzene rings is 5. The molecule has 0 saturated heterocycles. The van der Waals surface area contributed by atoms with Gasteiger partial charge in [0.15, 0.2) is 0 Å². The quantitative estimate of drug-likeness (QED) is 0.0888. The average Bonchev–Trinajstić information content (AvgIpc) is 1.75. The standard InChI is InChI=1S/C76H71N11O2/c1-43-16-27-67(88)66(36-43)87-40-55(79-42-87)39-86(41-68-77-28-29-85(68)11)38-54-18-17-53(37-78-54)76(89)84-57-15-13-12-14-56(57)72-58-19-21-60(80-58)73(69-47(5)30-44(2)31-48(69)6)62-23-25-64(82-62)75(71-51(9)34-46(4)35-52(71)10)65-26-24-63(83-65)74(61-22-20-59(72)81-61)70-49(7)32-45(3)33-50(70)8/h12-37,40,42,80,83,88H,38-39,41H2,1-11H3,(H,84,89). The minimum absolute atomic E-state index is 0.177. The maximum Gasteiger partial charge on any atom is 0.257 e. The summed E-state index contributed by atoms with van der Waals surface area (Å²) in [5.41, 5.74) is 29.6. The van der Waals surface area contributed by atoms with Crippen molar-refractivity contribution in [3.8, 4) is 55.9 Å². The molecule has 2 aliphatic heterocycles. The summed E-state index contributed by atoms with van der Waals surface area (Å²) in [6, 6.07) is 39.4. The van der Waals surface area contributed by atoms with Crippen molar-refractivity contribution in [3.05, 3.63) is 248 Å². The van der Waals surface area contributed by atoms with Gasteiger partial charge in [0.25, 0.3) is 5.91 Å². The summed E-state index contributed by atoms with van der Waals surface area (Å²) in [5.74, 6) is 0.752. The fourth-order valence-electron chi connectivity index (χ4n) is 13.4. The lowest BCUT2D eigenvalue weighted by Crippen LogP contribution is -2.25.